The summed E-state index contributed by atoms with van der Waals surface area (Å²) < 4.78 is 32.4. The van der Waals surface area contributed by atoms with E-state index >= 15 is 0 Å². The lowest BCUT2D eigenvalue weighted by molar-refractivity contribution is -0.122. The number of carbonyl (C=O) groups excluding carboxylic acids is 1. The van der Waals surface area contributed by atoms with Crippen molar-refractivity contribution < 1.29 is 18.3 Å². The first-order valence-corrected chi connectivity index (χ1v) is 8.54. The standard InChI is InChI=1S/C18H24F2N2O2/c1-11-9-22(10-12(2)24-11)6-5-21-18(23)16-8-15(16)14-4-3-13(19)7-17(14)20/h3-4,7,11-12,15-16H,5-6,8-10H2,1-2H3,(H,21,23)/t11-,12+,15-,16+/m0/s1. The van der Waals surface area contributed by atoms with E-state index in [1.165, 1.54) is 12.1 Å². The predicted octanol–water partition coefficient (Wildman–Crippen LogP) is 2.29. The number of hydrogen-bond acceptors (Lipinski definition) is 3. The van der Waals surface area contributed by atoms with E-state index in [-0.39, 0.29) is 30.0 Å². The Balaban J connectivity index is 1.44. The Morgan fingerprint density at radius 2 is 2.00 bits per heavy atom. The molecule has 2 aliphatic rings. The minimum Gasteiger partial charge on any atom is -0.373 e. The van der Waals surface area contributed by atoms with Gasteiger partial charge in [0.25, 0.3) is 0 Å². The van der Waals surface area contributed by atoms with Crippen LogP contribution >= 0.6 is 0 Å². The van der Waals surface area contributed by atoms with E-state index in [1.54, 1.807) is 0 Å². The average molecular weight is 338 g/mol. The fraction of sp³-hybridized carbons (Fsp3) is 0.611. The first kappa shape index (κ1) is 17.3. The average Bonchev–Trinajstić information content (AvgIpc) is 3.26. The van der Waals surface area contributed by atoms with Crippen LogP contribution in [0.5, 0.6) is 0 Å². The summed E-state index contributed by atoms with van der Waals surface area (Å²) in [5.74, 6) is -1.53. The van der Waals surface area contributed by atoms with Crippen molar-refractivity contribution in [2.75, 3.05) is 26.2 Å². The Labute approximate surface area is 141 Å². The van der Waals surface area contributed by atoms with Crippen LogP contribution in [0, 0.1) is 17.6 Å². The molecule has 1 amide bonds. The van der Waals surface area contributed by atoms with Gasteiger partial charge in [0.1, 0.15) is 11.6 Å². The summed E-state index contributed by atoms with van der Waals surface area (Å²) in [5, 5.41) is 2.93. The second-order valence-corrected chi connectivity index (χ2v) is 6.92. The van der Waals surface area contributed by atoms with Crippen LogP contribution in [0.15, 0.2) is 18.2 Å². The van der Waals surface area contributed by atoms with Gasteiger partial charge in [-0.05, 0) is 37.8 Å². The molecule has 24 heavy (non-hydrogen) atoms. The van der Waals surface area contributed by atoms with Crippen molar-refractivity contribution in [3.8, 4) is 0 Å². The third kappa shape index (κ3) is 4.11. The number of nitrogens with one attached hydrogen (secondary N) is 1. The molecule has 1 aromatic carbocycles. The van der Waals surface area contributed by atoms with Crippen LogP contribution in [0.3, 0.4) is 0 Å². The second-order valence-electron chi connectivity index (χ2n) is 6.92. The van der Waals surface area contributed by atoms with Crippen LogP contribution < -0.4 is 5.32 Å². The highest BCUT2D eigenvalue weighted by atomic mass is 19.1. The van der Waals surface area contributed by atoms with Gasteiger partial charge in [-0.15, -0.1) is 0 Å². The molecule has 1 N–H and O–H groups in total. The molecule has 0 radical (unpaired) electrons. The van der Waals surface area contributed by atoms with E-state index in [2.05, 4.69) is 10.2 Å². The van der Waals surface area contributed by atoms with Crippen molar-refractivity contribution in [1.29, 1.82) is 0 Å². The van der Waals surface area contributed by atoms with Gasteiger partial charge >= 0.3 is 0 Å². The molecule has 1 aliphatic heterocycles. The third-order valence-electron chi connectivity index (χ3n) is 4.71. The summed E-state index contributed by atoms with van der Waals surface area (Å²) in [6.45, 7) is 7.19. The zero-order chi connectivity index (χ0) is 17.3. The Bertz CT molecular complexity index is 601. The van der Waals surface area contributed by atoms with E-state index in [0.29, 0.717) is 18.5 Å². The quantitative estimate of drug-likeness (QED) is 0.896. The molecule has 2 fully saturated rings. The van der Waals surface area contributed by atoms with Crippen LogP contribution in [-0.4, -0.2) is 49.2 Å². The van der Waals surface area contributed by atoms with Gasteiger partial charge in [0.05, 0.1) is 12.2 Å². The van der Waals surface area contributed by atoms with Gasteiger partial charge in [-0.3, -0.25) is 9.69 Å². The van der Waals surface area contributed by atoms with Gasteiger partial charge in [-0.2, -0.15) is 0 Å². The van der Waals surface area contributed by atoms with Crippen molar-refractivity contribution in [1.82, 2.24) is 10.2 Å². The summed E-state index contributed by atoms with van der Waals surface area (Å²) in [4.78, 5) is 14.5. The van der Waals surface area contributed by atoms with Crippen molar-refractivity contribution in [2.45, 2.75) is 38.4 Å². The highest BCUT2D eigenvalue weighted by Gasteiger charge is 2.45. The summed E-state index contributed by atoms with van der Waals surface area (Å²) in [6, 6.07) is 3.56. The maximum Gasteiger partial charge on any atom is 0.223 e. The van der Waals surface area contributed by atoms with Crippen LogP contribution in [0.1, 0.15) is 31.7 Å². The maximum atomic E-state index is 13.8. The van der Waals surface area contributed by atoms with E-state index in [1.807, 2.05) is 13.8 Å². The Hall–Kier alpha value is -1.53. The van der Waals surface area contributed by atoms with Crippen LogP contribution in [0.4, 0.5) is 8.78 Å². The molecule has 0 bridgehead atoms. The first-order valence-electron chi connectivity index (χ1n) is 8.54. The van der Waals surface area contributed by atoms with Crippen molar-refractivity contribution in [2.24, 2.45) is 5.92 Å². The molecule has 6 heteroatoms. The number of carbonyl (C=O) groups is 1. The molecular formula is C18H24F2N2O2. The molecule has 1 saturated heterocycles. The van der Waals surface area contributed by atoms with Crippen molar-refractivity contribution in [3.05, 3.63) is 35.4 Å². The zero-order valence-corrected chi connectivity index (χ0v) is 14.1. The Morgan fingerprint density at radius 3 is 2.67 bits per heavy atom. The number of ether oxygens (including phenoxy) is 1. The smallest absolute Gasteiger partial charge is 0.223 e. The summed E-state index contributed by atoms with van der Waals surface area (Å²) in [7, 11) is 0. The minimum absolute atomic E-state index is 0.0434. The van der Waals surface area contributed by atoms with Crippen LogP contribution in [0.2, 0.25) is 0 Å². The number of amides is 1. The highest BCUT2D eigenvalue weighted by Crippen LogP contribution is 2.48. The molecule has 132 valence electrons. The minimum atomic E-state index is -0.591. The molecule has 4 atom stereocenters. The number of hydrogen-bond donors (Lipinski definition) is 1. The van der Waals surface area contributed by atoms with Crippen molar-refractivity contribution >= 4 is 5.91 Å². The SMILES string of the molecule is C[C@@H]1CN(CCNC(=O)[C@@H]2C[C@H]2c2ccc(F)cc2F)C[C@H](C)O1. The first-order chi connectivity index (χ1) is 11.4. The van der Waals surface area contributed by atoms with Gasteiger partial charge in [-0.25, -0.2) is 8.78 Å². The summed E-state index contributed by atoms with van der Waals surface area (Å²) in [5.41, 5.74) is 0.437. The number of halogens is 2. The van der Waals surface area contributed by atoms with Crippen molar-refractivity contribution in [3.63, 3.8) is 0 Å². The second kappa shape index (κ2) is 7.15. The van der Waals surface area contributed by atoms with Gasteiger partial charge in [0.15, 0.2) is 0 Å². The number of rotatable bonds is 5. The molecule has 0 aromatic heterocycles. The van der Waals surface area contributed by atoms with E-state index in [0.717, 1.165) is 25.7 Å². The molecule has 1 aromatic rings. The van der Waals surface area contributed by atoms with Crippen LogP contribution in [-0.2, 0) is 9.53 Å². The Morgan fingerprint density at radius 1 is 1.29 bits per heavy atom. The Kier molecular flexibility index (Phi) is 5.15. The van der Waals surface area contributed by atoms with Gasteiger partial charge in [-0.1, -0.05) is 6.07 Å². The molecule has 1 saturated carbocycles. The largest absolute Gasteiger partial charge is 0.373 e. The topological polar surface area (TPSA) is 41.6 Å². The zero-order valence-electron chi connectivity index (χ0n) is 14.1. The monoisotopic (exact) mass is 338 g/mol. The molecule has 4 nitrogen and oxygen atoms in total. The van der Waals surface area contributed by atoms with Crippen LogP contribution in [0.25, 0.3) is 0 Å². The maximum absolute atomic E-state index is 13.8. The normalized spacial score (nSPS) is 30.2. The number of morpholine rings is 1. The fourth-order valence-corrected chi connectivity index (χ4v) is 3.57. The lowest BCUT2D eigenvalue weighted by Crippen LogP contribution is -2.48. The third-order valence-corrected chi connectivity index (χ3v) is 4.71. The molecular weight excluding hydrogens is 314 g/mol. The highest BCUT2D eigenvalue weighted by molar-refractivity contribution is 5.82. The van der Waals surface area contributed by atoms with E-state index in [4.69, 9.17) is 4.74 Å². The molecule has 3 rings (SSSR count). The fourth-order valence-electron chi connectivity index (χ4n) is 3.57. The molecule has 0 spiro atoms. The lowest BCUT2D eigenvalue weighted by Gasteiger charge is -2.35. The van der Waals surface area contributed by atoms with Gasteiger partial charge in [0.2, 0.25) is 5.91 Å². The summed E-state index contributed by atoms with van der Waals surface area (Å²) >= 11 is 0. The number of benzene rings is 1. The number of nitrogens with zero attached hydrogens (tertiary/aromatic N) is 1. The van der Waals surface area contributed by atoms with Gasteiger partial charge in [0, 0.05) is 38.2 Å². The molecule has 0 unspecified atom stereocenters. The predicted molar refractivity (Wildman–Crippen MR) is 86.7 cm³/mol. The van der Waals surface area contributed by atoms with E-state index < -0.39 is 11.6 Å². The molecule has 1 aliphatic carbocycles. The van der Waals surface area contributed by atoms with Gasteiger partial charge < -0.3 is 10.1 Å². The molecule has 1 heterocycles. The summed E-state index contributed by atoms with van der Waals surface area (Å²) in [6.07, 6.45) is 1.04. The lowest BCUT2D eigenvalue weighted by atomic mass is 10.1. The van der Waals surface area contributed by atoms with E-state index in [9.17, 15) is 13.6 Å².